The van der Waals surface area contributed by atoms with Gasteiger partial charge in [-0.05, 0) is 36.8 Å². The van der Waals surface area contributed by atoms with Crippen LogP contribution < -0.4 is 5.32 Å². The number of carboxylic acids is 1. The molecule has 0 unspecified atom stereocenters. The summed E-state index contributed by atoms with van der Waals surface area (Å²) in [5.41, 5.74) is 1.54. The van der Waals surface area contributed by atoms with Crippen molar-refractivity contribution in [1.82, 2.24) is 4.98 Å². The molecule has 0 saturated carbocycles. The van der Waals surface area contributed by atoms with Crippen LogP contribution >= 0.6 is 15.9 Å². The quantitative estimate of drug-likeness (QED) is 0.903. The standard InChI is InChI=1S/C14H11BrN2O3/c1-8-6-9(2-3-11(8)15)13(18)17-12-7-16-5-4-10(12)14(19)20/h2-7H,1H3,(H,17,18)(H,19,20). The number of hydrogen-bond donors (Lipinski definition) is 2. The van der Waals surface area contributed by atoms with Crippen LogP contribution in [-0.2, 0) is 0 Å². The van der Waals surface area contributed by atoms with Gasteiger partial charge < -0.3 is 10.4 Å². The molecule has 0 atom stereocenters. The summed E-state index contributed by atoms with van der Waals surface area (Å²) in [6.45, 7) is 1.87. The van der Waals surface area contributed by atoms with Crippen molar-refractivity contribution in [2.75, 3.05) is 5.32 Å². The van der Waals surface area contributed by atoms with Crippen LogP contribution in [-0.4, -0.2) is 22.0 Å². The van der Waals surface area contributed by atoms with Crippen LogP contribution in [0.25, 0.3) is 0 Å². The van der Waals surface area contributed by atoms with E-state index in [9.17, 15) is 9.59 Å². The van der Waals surface area contributed by atoms with Crippen LogP contribution in [0.2, 0.25) is 0 Å². The minimum atomic E-state index is -1.12. The van der Waals surface area contributed by atoms with Gasteiger partial charge in [-0.3, -0.25) is 9.78 Å². The number of amides is 1. The zero-order chi connectivity index (χ0) is 14.7. The van der Waals surface area contributed by atoms with Gasteiger partial charge in [0.05, 0.1) is 17.4 Å². The maximum absolute atomic E-state index is 12.1. The van der Waals surface area contributed by atoms with E-state index in [1.54, 1.807) is 18.2 Å². The molecular formula is C14H11BrN2O3. The molecule has 1 aromatic carbocycles. The number of anilines is 1. The van der Waals surface area contributed by atoms with Crippen molar-refractivity contribution < 1.29 is 14.7 Å². The molecule has 6 heteroatoms. The Morgan fingerprint density at radius 1 is 1.30 bits per heavy atom. The summed E-state index contributed by atoms with van der Waals surface area (Å²) in [5.74, 6) is -1.49. The van der Waals surface area contributed by atoms with E-state index in [4.69, 9.17) is 5.11 Å². The van der Waals surface area contributed by atoms with Crippen molar-refractivity contribution in [1.29, 1.82) is 0 Å². The zero-order valence-corrected chi connectivity index (χ0v) is 12.1. The number of halogens is 1. The summed E-state index contributed by atoms with van der Waals surface area (Å²) in [6.07, 6.45) is 2.68. The number of aromatic carboxylic acids is 1. The third-order valence-electron chi connectivity index (χ3n) is 2.72. The molecule has 0 saturated heterocycles. The normalized spacial score (nSPS) is 10.1. The highest BCUT2D eigenvalue weighted by molar-refractivity contribution is 9.10. The predicted octanol–water partition coefficient (Wildman–Crippen LogP) is 3.10. The molecule has 0 bridgehead atoms. The number of nitrogens with one attached hydrogen (secondary N) is 1. The Bertz CT molecular complexity index is 686. The topological polar surface area (TPSA) is 79.3 Å². The fourth-order valence-corrected chi connectivity index (χ4v) is 1.91. The van der Waals surface area contributed by atoms with Gasteiger partial charge in [-0.2, -0.15) is 0 Å². The predicted molar refractivity (Wildman–Crippen MR) is 78.0 cm³/mol. The first kappa shape index (κ1) is 14.2. The number of carbonyl (C=O) groups is 2. The van der Waals surface area contributed by atoms with E-state index in [-0.39, 0.29) is 17.2 Å². The van der Waals surface area contributed by atoms with E-state index in [0.29, 0.717) is 5.56 Å². The smallest absolute Gasteiger partial charge is 0.337 e. The van der Waals surface area contributed by atoms with Gasteiger partial charge in [-0.15, -0.1) is 0 Å². The fraction of sp³-hybridized carbons (Fsp3) is 0.0714. The third-order valence-corrected chi connectivity index (χ3v) is 3.61. The largest absolute Gasteiger partial charge is 0.478 e. The van der Waals surface area contributed by atoms with Crippen molar-refractivity contribution in [3.63, 3.8) is 0 Å². The summed E-state index contributed by atoms with van der Waals surface area (Å²) in [6, 6.07) is 6.48. The molecule has 0 aliphatic heterocycles. The summed E-state index contributed by atoms with van der Waals surface area (Å²) < 4.78 is 0.904. The Labute approximate surface area is 123 Å². The molecule has 2 aromatic rings. The van der Waals surface area contributed by atoms with Crippen molar-refractivity contribution >= 4 is 33.5 Å². The summed E-state index contributed by atoms with van der Waals surface area (Å²) in [5, 5.41) is 11.6. The monoisotopic (exact) mass is 334 g/mol. The second-order valence-electron chi connectivity index (χ2n) is 4.14. The minimum Gasteiger partial charge on any atom is -0.478 e. The molecule has 102 valence electrons. The minimum absolute atomic E-state index is 0.00202. The van der Waals surface area contributed by atoms with Crippen molar-refractivity contribution in [3.8, 4) is 0 Å². The van der Waals surface area contributed by atoms with Crippen molar-refractivity contribution in [2.45, 2.75) is 6.92 Å². The van der Waals surface area contributed by atoms with Crippen LogP contribution in [0.1, 0.15) is 26.3 Å². The number of aryl methyl sites for hydroxylation is 1. The van der Waals surface area contributed by atoms with E-state index >= 15 is 0 Å². The second-order valence-corrected chi connectivity index (χ2v) is 5.00. The molecule has 0 radical (unpaired) electrons. The molecule has 1 aromatic heterocycles. The van der Waals surface area contributed by atoms with Crippen LogP contribution in [0.5, 0.6) is 0 Å². The van der Waals surface area contributed by atoms with E-state index < -0.39 is 5.97 Å². The van der Waals surface area contributed by atoms with Gasteiger partial charge in [0.25, 0.3) is 5.91 Å². The number of rotatable bonds is 3. The lowest BCUT2D eigenvalue weighted by Gasteiger charge is -2.08. The molecule has 5 nitrogen and oxygen atoms in total. The second kappa shape index (κ2) is 5.83. The molecule has 2 N–H and O–H groups in total. The number of nitrogens with zero attached hydrogens (tertiary/aromatic N) is 1. The fourth-order valence-electron chi connectivity index (χ4n) is 1.66. The summed E-state index contributed by atoms with van der Waals surface area (Å²) >= 11 is 3.36. The van der Waals surface area contributed by atoms with Gasteiger partial charge in [0.2, 0.25) is 0 Å². The lowest BCUT2D eigenvalue weighted by atomic mass is 10.1. The maximum Gasteiger partial charge on any atom is 0.337 e. The first-order valence-corrected chi connectivity index (χ1v) is 6.53. The highest BCUT2D eigenvalue weighted by Crippen LogP contribution is 2.19. The highest BCUT2D eigenvalue weighted by atomic mass is 79.9. The van der Waals surface area contributed by atoms with Gasteiger partial charge in [-0.1, -0.05) is 15.9 Å². The molecule has 0 spiro atoms. The average molecular weight is 335 g/mol. The maximum atomic E-state index is 12.1. The Balaban J connectivity index is 2.28. The highest BCUT2D eigenvalue weighted by Gasteiger charge is 2.13. The Morgan fingerprint density at radius 2 is 2.05 bits per heavy atom. The third kappa shape index (κ3) is 3.03. The molecule has 0 aliphatic carbocycles. The van der Waals surface area contributed by atoms with E-state index in [1.807, 2.05) is 6.92 Å². The van der Waals surface area contributed by atoms with Gasteiger partial charge >= 0.3 is 5.97 Å². The molecule has 2 rings (SSSR count). The number of pyridine rings is 1. The van der Waals surface area contributed by atoms with E-state index in [1.165, 1.54) is 18.5 Å². The zero-order valence-electron chi connectivity index (χ0n) is 10.6. The Morgan fingerprint density at radius 3 is 2.70 bits per heavy atom. The molecule has 0 fully saturated rings. The number of aromatic nitrogens is 1. The first-order valence-electron chi connectivity index (χ1n) is 5.74. The van der Waals surface area contributed by atoms with E-state index in [0.717, 1.165) is 10.0 Å². The average Bonchev–Trinajstić information content (AvgIpc) is 2.42. The van der Waals surface area contributed by atoms with Gasteiger partial charge in [0.15, 0.2) is 0 Å². The molecular weight excluding hydrogens is 324 g/mol. The number of carbonyl (C=O) groups excluding carboxylic acids is 1. The molecule has 1 heterocycles. The lowest BCUT2D eigenvalue weighted by Crippen LogP contribution is -2.15. The van der Waals surface area contributed by atoms with Crippen molar-refractivity contribution in [2.24, 2.45) is 0 Å². The molecule has 0 aliphatic rings. The van der Waals surface area contributed by atoms with Gasteiger partial charge in [0, 0.05) is 16.2 Å². The lowest BCUT2D eigenvalue weighted by molar-refractivity contribution is 0.0698. The SMILES string of the molecule is Cc1cc(C(=O)Nc2cnccc2C(=O)O)ccc1Br. The summed E-state index contributed by atoms with van der Waals surface area (Å²) in [4.78, 5) is 27.0. The van der Waals surface area contributed by atoms with Crippen molar-refractivity contribution in [3.05, 3.63) is 57.8 Å². The summed E-state index contributed by atoms with van der Waals surface area (Å²) in [7, 11) is 0. The Hall–Kier alpha value is -2.21. The Kier molecular flexibility index (Phi) is 4.14. The molecule has 1 amide bonds. The molecule has 20 heavy (non-hydrogen) atoms. The first-order chi connectivity index (χ1) is 9.49. The van der Waals surface area contributed by atoms with Crippen LogP contribution in [0, 0.1) is 6.92 Å². The van der Waals surface area contributed by atoms with Gasteiger partial charge in [-0.25, -0.2) is 4.79 Å². The number of carboxylic acid groups (broad SMARTS) is 1. The number of benzene rings is 1. The number of hydrogen-bond acceptors (Lipinski definition) is 3. The van der Waals surface area contributed by atoms with Gasteiger partial charge in [0.1, 0.15) is 0 Å². The van der Waals surface area contributed by atoms with Crippen LogP contribution in [0.3, 0.4) is 0 Å². The van der Waals surface area contributed by atoms with Crippen LogP contribution in [0.15, 0.2) is 41.1 Å². The van der Waals surface area contributed by atoms with E-state index in [2.05, 4.69) is 26.2 Å². The van der Waals surface area contributed by atoms with Crippen LogP contribution in [0.4, 0.5) is 5.69 Å².